The molecular weight excluding hydrogens is 458 g/mol. The van der Waals surface area contributed by atoms with Gasteiger partial charge in [0, 0.05) is 49.4 Å². The molecule has 182 valence electrons. The third-order valence-corrected chi connectivity index (χ3v) is 7.96. The van der Waals surface area contributed by atoms with Crippen LogP contribution in [0.3, 0.4) is 0 Å². The van der Waals surface area contributed by atoms with E-state index in [1.165, 1.54) is 10.4 Å². The predicted molar refractivity (Wildman–Crippen MR) is 139 cm³/mol. The molecule has 2 aromatic heterocycles. The number of thiophene rings is 1. The number of nitrogens with zero attached hydrogens (tertiary/aromatic N) is 4. The van der Waals surface area contributed by atoms with Crippen molar-refractivity contribution in [2.45, 2.75) is 38.0 Å². The fraction of sp³-hybridized carbons (Fsp3) is 0.407. The molecule has 0 spiro atoms. The molecule has 4 heterocycles. The number of rotatable bonds is 8. The van der Waals surface area contributed by atoms with Crippen LogP contribution in [-0.4, -0.2) is 53.1 Å². The fourth-order valence-corrected chi connectivity index (χ4v) is 5.62. The summed E-state index contributed by atoms with van der Waals surface area (Å²) >= 11 is 1.76. The number of anilines is 2. The fourth-order valence-electron chi connectivity index (χ4n) is 4.87. The Bertz CT molecular complexity index is 1110. The van der Waals surface area contributed by atoms with Gasteiger partial charge >= 0.3 is 0 Å². The highest BCUT2D eigenvalue weighted by Crippen LogP contribution is 2.30. The van der Waals surface area contributed by atoms with Crippen LogP contribution in [0.1, 0.15) is 42.0 Å². The number of benzene rings is 1. The number of amides is 2. The highest BCUT2D eigenvalue weighted by Gasteiger charge is 2.33. The summed E-state index contributed by atoms with van der Waals surface area (Å²) < 4.78 is 0. The number of likely N-dealkylation sites (tertiary alicyclic amines) is 1. The lowest BCUT2D eigenvalue weighted by Crippen LogP contribution is -2.52. The molecule has 5 rings (SSSR count). The average Bonchev–Trinajstić information content (AvgIpc) is 3.38. The first-order chi connectivity index (χ1) is 17.2. The van der Waals surface area contributed by atoms with Crippen molar-refractivity contribution in [2.75, 3.05) is 36.4 Å². The molecule has 0 saturated carbocycles. The zero-order valence-corrected chi connectivity index (χ0v) is 20.6. The highest BCUT2D eigenvalue weighted by molar-refractivity contribution is 7.09. The molecule has 35 heavy (non-hydrogen) atoms. The maximum atomic E-state index is 12.6. The Balaban J connectivity index is 1.04. The van der Waals surface area contributed by atoms with Gasteiger partial charge in [0.05, 0.1) is 5.92 Å². The molecule has 2 aliphatic heterocycles. The predicted octanol–water partition coefficient (Wildman–Crippen LogP) is 4.34. The summed E-state index contributed by atoms with van der Waals surface area (Å²) in [6.07, 6.45) is 6.17. The molecule has 1 aromatic carbocycles. The molecule has 0 unspecified atom stereocenters. The van der Waals surface area contributed by atoms with Crippen LogP contribution in [0.2, 0.25) is 0 Å². The number of carbonyl (C=O) groups excluding carboxylic acids is 2. The smallest absolute Gasteiger partial charge is 0.231 e. The number of piperidine rings is 1. The Kier molecular flexibility index (Phi) is 7.37. The molecule has 0 bridgehead atoms. The Morgan fingerprint density at radius 2 is 1.83 bits per heavy atom. The largest absolute Gasteiger partial charge is 0.353 e. The summed E-state index contributed by atoms with van der Waals surface area (Å²) in [6, 6.07) is 16.2. The van der Waals surface area contributed by atoms with E-state index in [1.807, 2.05) is 29.2 Å². The number of hydrogen-bond donors (Lipinski definition) is 1. The van der Waals surface area contributed by atoms with Crippen molar-refractivity contribution in [1.82, 2.24) is 15.1 Å². The van der Waals surface area contributed by atoms with E-state index in [2.05, 4.69) is 50.1 Å². The van der Waals surface area contributed by atoms with E-state index in [4.69, 9.17) is 0 Å². The van der Waals surface area contributed by atoms with Crippen LogP contribution in [0.25, 0.3) is 0 Å². The van der Waals surface area contributed by atoms with Crippen LogP contribution in [-0.2, 0) is 16.0 Å². The lowest BCUT2D eigenvalue weighted by Gasteiger charge is -2.38. The number of aryl methyl sites for hydroxylation is 1. The number of aromatic nitrogens is 2. The molecule has 2 saturated heterocycles. The van der Waals surface area contributed by atoms with Crippen LogP contribution in [0.4, 0.5) is 11.5 Å². The van der Waals surface area contributed by atoms with Crippen molar-refractivity contribution < 1.29 is 9.59 Å². The SMILES string of the molecule is O=C(Nc1ccc(C2CCN(C(=O)CCCc3cccs3)CC2)cc1)C1CN(c2cccnn2)C1. The first-order valence-corrected chi connectivity index (χ1v) is 13.3. The topological polar surface area (TPSA) is 78.4 Å². The van der Waals surface area contributed by atoms with Gasteiger partial charge in [-0.15, -0.1) is 16.4 Å². The van der Waals surface area contributed by atoms with E-state index in [0.29, 0.717) is 25.4 Å². The van der Waals surface area contributed by atoms with E-state index in [1.54, 1.807) is 17.5 Å². The highest BCUT2D eigenvalue weighted by atomic mass is 32.1. The summed E-state index contributed by atoms with van der Waals surface area (Å²) in [4.78, 5) is 30.6. The van der Waals surface area contributed by atoms with Gasteiger partial charge in [0.1, 0.15) is 0 Å². The molecule has 7 nitrogen and oxygen atoms in total. The van der Waals surface area contributed by atoms with Gasteiger partial charge in [-0.05, 0) is 72.9 Å². The Hall–Kier alpha value is -3.26. The van der Waals surface area contributed by atoms with Crippen molar-refractivity contribution in [2.24, 2.45) is 5.92 Å². The maximum absolute atomic E-state index is 12.6. The molecule has 0 atom stereocenters. The first kappa shape index (κ1) is 23.5. The molecular formula is C27H31N5O2S. The zero-order chi connectivity index (χ0) is 24.0. The van der Waals surface area contributed by atoms with Gasteiger partial charge in [-0.3, -0.25) is 9.59 Å². The number of carbonyl (C=O) groups is 2. The molecule has 3 aromatic rings. The Labute approximate surface area is 210 Å². The van der Waals surface area contributed by atoms with Gasteiger partial charge in [-0.2, -0.15) is 5.10 Å². The van der Waals surface area contributed by atoms with Gasteiger partial charge in [-0.1, -0.05) is 18.2 Å². The second-order valence-corrected chi connectivity index (χ2v) is 10.4. The zero-order valence-electron chi connectivity index (χ0n) is 19.8. The second kappa shape index (κ2) is 11.0. The minimum absolute atomic E-state index is 0.0381. The lowest BCUT2D eigenvalue weighted by atomic mass is 9.89. The third kappa shape index (κ3) is 5.88. The van der Waals surface area contributed by atoms with Crippen LogP contribution in [0.15, 0.2) is 60.1 Å². The Morgan fingerprint density at radius 3 is 2.51 bits per heavy atom. The molecule has 0 radical (unpaired) electrons. The minimum Gasteiger partial charge on any atom is -0.353 e. The van der Waals surface area contributed by atoms with Gasteiger partial charge in [-0.25, -0.2) is 0 Å². The van der Waals surface area contributed by atoms with Crippen molar-refractivity contribution in [3.63, 3.8) is 0 Å². The molecule has 2 fully saturated rings. The van der Waals surface area contributed by atoms with Gasteiger partial charge in [0.15, 0.2) is 5.82 Å². The standard InChI is InChI=1S/C27H31N5O2S/c33-26(7-1-4-24-5-3-17-35-24)31-15-12-21(13-16-31)20-8-10-23(11-9-20)29-27(34)22-18-32(19-22)25-6-2-14-28-30-25/h2-3,5-6,8-11,14,17,21-22H,1,4,7,12-13,15-16,18-19H2,(H,29,34). The third-order valence-electron chi connectivity index (χ3n) is 7.03. The van der Waals surface area contributed by atoms with Crippen molar-refractivity contribution in [3.8, 4) is 0 Å². The summed E-state index contributed by atoms with van der Waals surface area (Å²) in [5.41, 5.74) is 2.11. The summed E-state index contributed by atoms with van der Waals surface area (Å²) in [5, 5.41) is 13.1. The van der Waals surface area contributed by atoms with Crippen molar-refractivity contribution >= 4 is 34.7 Å². The van der Waals surface area contributed by atoms with Gasteiger partial charge in [0.2, 0.25) is 11.8 Å². The van der Waals surface area contributed by atoms with Crippen LogP contribution in [0, 0.1) is 5.92 Å². The number of nitrogens with one attached hydrogen (secondary N) is 1. The van der Waals surface area contributed by atoms with Gasteiger partial charge < -0.3 is 15.1 Å². The second-order valence-electron chi connectivity index (χ2n) is 9.38. The monoisotopic (exact) mass is 489 g/mol. The van der Waals surface area contributed by atoms with E-state index in [-0.39, 0.29) is 17.7 Å². The van der Waals surface area contributed by atoms with Crippen LogP contribution in [0.5, 0.6) is 0 Å². The molecule has 8 heteroatoms. The summed E-state index contributed by atoms with van der Waals surface area (Å²) in [5.74, 6) is 1.56. The maximum Gasteiger partial charge on any atom is 0.231 e. The van der Waals surface area contributed by atoms with E-state index < -0.39 is 0 Å². The van der Waals surface area contributed by atoms with E-state index in [9.17, 15) is 9.59 Å². The first-order valence-electron chi connectivity index (χ1n) is 12.4. The molecule has 1 N–H and O–H groups in total. The van der Waals surface area contributed by atoms with E-state index in [0.717, 1.165) is 50.3 Å². The molecule has 2 amide bonds. The van der Waals surface area contributed by atoms with Gasteiger partial charge in [0.25, 0.3) is 0 Å². The lowest BCUT2D eigenvalue weighted by molar-refractivity contribution is -0.132. The summed E-state index contributed by atoms with van der Waals surface area (Å²) in [7, 11) is 0. The van der Waals surface area contributed by atoms with Crippen LogP contribution < -0.4 is 10.2 Å². The summed E-state index contributed by atoms with van der Waals surface area (Å²) in [6.45, 7) is 2.97. The van der Waals surface area contributed by atoms with Crippen LogP contribution >= 0.6 is 11.3 Å². The molecule has 0 aliphatic carbocycles. The number of hydrogen-bond acceptors (Lipinski definition) is 6. The Morgan fingerprint density at radius 1 is 1.03 bits per heavy atom. The van der Waals surface area contributed by atoms with Crippen molar-refractivity contribution in [3.05, 3.63) is 70.5 Å². The minimum atomic E-state index is -0.0381. The normalized spacial score (nSPS) is 16.7. The van der Waals surface area contributed by atoms with Crippen molar-refractivity contribution in [1.29, 1.82) is 0 Å². The molecule has 2 aliphatic rings. The quantitative estimate of drug-likeness (QED) is 0.509. The average molecular weight is 490 g/mol. The van der Waals surface area contributed by atoms with E-state index >= 15 is 0 Å².